The Balaban J connectivity index is 1.37. The van der Waals surface area contributed by atoms with E-state index >= 15 is 0 Å². The molecule has 2 fully saturated rings. The molecule has 0 spiro atoms. The molecule has 0 amide bonds. The molecule has 0 radical (unpaired) electrons. The van der Waals surface area contributed by atoms with Crippen LogP contribution in [0.25, 0.3) is 11.0 Å². The first kappa shape index (κ1) is 32.2. The van der Waals surface area contributed by atoms with Crippen molar-refractivity contribution in [2.45, 2.75) is 64.6 Å². The second-order valence-electron chi connectivity index (χ2n) is 13.4. The van der Waals surface area contributed by atoms with Crippen LogP contribution >= 0.6 is 0 Å². The first-order chi connectivity index (χ1) is 21.5. The molecular formula is C35H44N8O2. The number of oxime groups is 1. The van der Waals surface area contributed by atoms with Crippen LogP contribution in [0.3, 0.4) is 0 Å². The van der Waals surface area contributed by atoms with Gasteiger partial charge in [-0.2, -0.15) is 10.5 Å². The zero-order valence-electron chi connectivity index (χ0n) is 27.4. The van der Waals surface area contributed by atoms with Crippen molar-refractivity contribution in [3.05, 3.63) is 69.1 Å². The summed E-state index contributed by atoms with van der Waals surface area (Å²) in [4.78, 5) is 30.6. The van der Waals surface area contributed by atoms with Gasteiger partial charge in [0, 0.05) is 58.8 Å². The third-order valence-corrected chi connectivity index (χ3v) is 9.09. The molecule has 3 aromatic rings. The molecule has 1 saturated heterocycles. The highest BCUT2D eigenvalue weighted by Crippen LogP contribution is 2.35. The average molecular weight is 609 g/mol. The summed E-state index contributed by atoms with van der Waals surface area (Å²) in [5, 5.41) is 24.3. The summed E-state index contributed by atoms with van der Waals surface area (Å²) in [5.74, 6) is 0.208. The number of likely N-dealkylation sites (N-methyl/N-ethyl adjacent to an activating group) is 1. The SMILES string of the molecule is CN1CCN(Cc2ccc(/C(=N/OC(C)(C)C)C3CCC(N(C)c4c(C#N)c(=O)n(C)c5ccc(C#N)nc45)CC3)cc2)CC1. The number of benzene rings is 1. The number of hydrogen-bond acceptors (Lipinski definition) is 9. The largest absolute Gasteiger partial charge is 0.390 e. The Morgan fingerprint density at radius 1 is 1.00 bits per heavy atom. The highest BCUT2D eigenvalue weighted by molar-refractivity contribution is 6.02. The summed E-state index contributed by atoms with van der Waals surface area (Å²) in [6.07, 6.45) is 3.45. The summed E-state index contributed by atoms with van der Waals surface area (Å²) < 4.78 is 1.44. The second kappa shape index (κ2) is 13.4. The Morgan fingerprint density at radius 2 is 1.67 bits per heavy atom. The van der Waals surface area contributed by atoms with Gasteiger partial charge in [0.05, 0.1) is 16.9 Å². The van der Waals surface area contributed by atoms with Crippen molar-refractivity contribution in [3.63, 3.8) is 0 Å². The van der Waals surface area contributed by atoms with Gasteiger partial charge in [0.1, 0.15) is 34.5 Å². The van der Waals surface area contributed by atoms with E-state index in [0.717, 1.165) is 69.7 Å². The Hall–Kier alpha value is -4.25. The number of aromatic nitrogens is 2. The van der Waals surface area contributed by atoms with Gasteiger partial charge in [-0.1, -0.05) is 29.4 Å². The van der Waals surface area contributed by atoms with E-state index in [9.17, 15) is 15.3 Å². The van der Waals surface area contributed by atoms with E-state index < -0.39 is 5.60 Å². The quantitative estimate of drug-likeness (QED) is 0.282. The van der Waals surface area contributed by atoms with Crippen LogP contribution in [0.15, 0.2) is 46.3 Å². The average Bonchev–Trinajstić information content (AvgIpc) is 3.03. The maximum atomic E-state index is 13.2. The number of pyridine rings is 2. The lowest BCUT2D eigenvalue weighted by atomic mass is 9.80. The lowest BCUT2D eigenvalue weighted by Gasteiger charge is -2.37. The molecule has 1 aliphatic heterocycles. The molecule has 10 nitrogen and oxygen atoms in total. The lowest BCUT2D eigenvalue weighted by molar-refractivity contribution is -0.0000298. The minimum atomic E-state index is -0.409. The highest BCUT2D eigenvalue weighted by Gasteiger charge is 2.31. The van der Waals surface area contributed by atoms with Crippen molar-refractivity contribution in [3.8, 4) is 12.1 Å². The predicted octanol–water partition coefficient (Wildman–Crippen LogP) is 4.64. The van der Waals surface area contributed by atoms with Crippen LogP contribution < -0.4 is 10.5 Å². The van der Waals surface area contributed by atoms with E-state index in [-0.39, 0.29) is 28.8 Å². The number of fused-ring (bicyclic) bond motifs is 1. The molecule has 236 valence electrons. The molecule has 2 aliphatic rings. The van der Waals surface area contributed by atoms with E-state index in [0.29, 0.717) is 16.7 Å². The fraction of sp³-hybridized carbons (Fsp3) is 0.514. The van der Waals surface area contributed by atoms with E-state index in [1.54, 1.807) is 19.2 Å². The monoisotopic (exact) mass is 608 g/mol. The van der Waals surface area contributed by atoms with Gasteiger partial charge in [0.2, 0.25) is 0 Å². The number of anilines is 1. The first-order valence-corrected chi connectivity index (χ1v) is 15.8. The zero-order chi connectivity index (χ0) is 32.3. The Labute approximate surface area is 266 Å². The summed E-state index contributed by atoms with van der Waals surface area (Å²) in [6.45, 7) is 11.3. The molecule has 1 aromatic carbocycles. The molecule has 45 heavy (non-hydrogen) atoms. The molecule has 10 heteroatoms. The van der Waals surface area contributed by atoms with E-state index in [1.165, 1.54) is 10.1 Å². The third kappa shape index (κ3) is 7.19. The normalized spacial score (nSPS) is 20.0. The highest BCUT2D eigenvalue weighted by atomic mass is 16.6. The fourth-order valence-electron chi connectivity index (χ4n) is 6.41. The van der Waals surface area contributed by atoms with E-state index in [1.807, 2.05) is 32.7 Å². The minimum Gasteiger partial charge on any atom is -0.390 e. The number of nitriles is 2. The van der Waals surface area contributed by atoms with Crippen molar-refractivity contribution in [1.82, 2.24) is 19.4 Å². The Bertz CT molecular complexity index is 1690. The van der Waals surface area contributed by atoms with Crippen LogP contribution in [-0.2, 0) is 18.4 Å². The van der Waals surface area contributed by atoms with Gasteiger partial charge in [0.25, 0.3) is 5.56 Å². The Morgan fingerprint density at radius 3 is 2.27 bits per heavy atom. The lowest BCUT2D eigenvalue weighted by Crippen LogP contribution is -2.43. The van der Waals surface area contributed by atoms with Crippen LogP contribution in [-0.4, -0.2) is 77.0 Å². The number of hydrogen-bond donors (Lipinski definition) is 0. The molecule has 0 N–H and O–H groups in total. The fourth-order valence-corrected chi connectivity index (χ4v) is 6.41. The molecule has 1 saturated carbocycles. The van der Waals surface area contributed by atoms with Crippen molar-refractivity contribution < 1.29 is 4.84 Å². The number of nitrogens with zero attached hydrogens (tertiary/aromatic N) is 8. The molecule has 0 unspecified atom stereocenters. The maximum absolute atomic E-state index is 13.2. The number of rotatable bonds is 7. The summed E-state index contributed by atoms with van der Waals surface area (Å²) in [7, 11) is 5.74. The van der Waals surface area contributed by atoms with Crippen molar-refractivity contribution in [2.75, 3.05) is 45.2 Å². The standard InChI is InChI=1S/C35H44N8O2/c1-35(2,3)45-39-31(25-9-7-24(8-10-25)23-43-19-17-40(4)18-20-43)26-11-14-28(15-12-26)41(5)33-29(22-37)34(44)42(6)30-16-13-27(21-36)38-32(30)33/h7-10,13,16,26,28H,11-12,14-15,17-20,23H2,1-6H3/b39-31-. The molecule has 3 heterocycles. The van der Waals surface area contributed by atoms with Gasteiger partial charge in [0.15, 0.2) is 0 Å². The third-order valence-electron chi connectivity index (χ3n) is 9.09. The number of aryl methyl sites for hydroxylation is 1. The van der Waals surface area contributed by atoms with E-state index in [2.05, 4.69) is 58.2 Å². The van der Waals surface area contributed by atoms with Gasteiger partial charge < -0.3 is 19.2 Å². The number of piperazine rings is 1. The molecule has 1 aliphatic carbocycles. The van der Waals surface area contributed by atoms with Gasteiger partial charge in [-0.3, -0.25) is 9.69 Å². The van der Waals surface area contributed by atoms with Gasteiger partial charge >= 0.3 is 0 Å². The Kier molecular flexibility index (Phi) is 9.57. The minimum absolute atomic E-state index is 0.0507. The van der Waals surface area contributed by atoms with E-state index in [4.69, 9.17) is 9.99 Å². The predicted molar refractivity (Wildman–Crippen MR) is 177 cm³/mol. The van der Waals surface area contributed by atoms with Crippen LogP contribution in [0.5, 0.6) is 0 Å². The van der Waals surface area contributed by atoms with Crippen molar-refractivity contribution in [2.24, 2.45) is 18.1 Å². The van der Waals surface area contributed by atoms with Crippen molar-refractivity contribution >= 4 is 22.4 Å². The topological polar surface area (TPSA) is 114 Å². The van der Waals surface area contributed by atoms with Crippen LogP contribution in [0, 0.1) is 28.6 Å². The van der Waals surface area contributed by atoms with Crippen molar-refractivity contribution in [1.29, 1.82) is 10.5 Å². The van der Waals surface area contributed by atoms with Crippen LogP contribution in [0.4, 0.5) is 5.69 Å². The summed E-state index contributed by atoms with van der Waals surface area (Å²) in [6, 6.07) is 16.4. The summed E-state index contributed by atoms with van der Waals surface area (Å²) >= 11 is 0. The van der Waals surface area contributed by atoms with Gasteiger partial charge in [-0.05, 0) is 76.8 Å². The van der Waals surface area contributed by atoms with Crippen LogP contribution in [0.2, 0.25) is 0 Å². The maximum Gasteiger partial charge on any atom is 0.270 e. The molecule has 2 aromatic heterocycles. The summed E-state index contributed by atoms with van der Waals surface area (Å²) in [5.41, 5.74) is 4.46. The van der Waals surface area contributed by atoms with Gasteiger partial charge in [-0.15, -0.1) is 0 Å². The van der Waals surface area contributed by atoms with Gasteiger partial charge in [-0.25, -0.2) is 4.98 Å². The van der Waals surface area contributed by atoms with Crippen LogP contribution in [0.1, 0.15) is 68.8 Å². The first-order valence-electron chi connectivity index (χ1n) is 15.8. The molecular weight excluding hydrogens is 564 g/mol. The zero-order valence-corrected chi connectivity index (χ0v) is 27.4. The smallest absolute Gasteiger partial charge is 0.270 e. The molecule has 0 atom stereocenters. The second-order valence-corrected chi connectivity index (χ2v) is 13.4. The molecule has 5 rings (SSSR count). The molecule has 0 bridgehead atoms.